The molecular weight excluding hydrogens is 373 g/mol. The molecule has 8 heteroatoms. The van der Waals surface area contributed by atoms with Gasteiger partial charge in [-0.1, -0.05) is 36.4 Å². The van der Waals surface area contributed by atoms with E-state index < -0.39 is 29.7 Å². The normalized spacial score (nSPS) is 17.3. The number of carbonyl (C=O) groups is 2. The van der Waals surface area contributed by atoms with Crippen LogP contribution >= 0.6 is 0 Å². The van der Waals surface area contributed by atoms with Crippen LogP contribution in [0.2, 0.25) is 0 Å². The molecule has 0 radical (unpaired) electrons. The summed E-state index contributed by atoms with van der Waals surface area (Å²) in [5, 5.41) is 11.8. The lowest BCUT2D eigenvalue weighted by Crippen LogP contribution is -2.46. The van der Waals surface area contributed by atoms with Gasteiger partial charge in [0.1, 0.15) is 0 Å². The smallest absolute Gasteiger partial charge is 0.391 e. The zero-order valence-corrected chi connectivity index (χ0v) is 14.9. The number of β-amino-alcohol motifs (C(OH)–C–C–N with tert-alkyl or cyclic N) is 1. The van der Waals surface area contributed by atoms with Crippen LogP contribution in [0, 0.1) is 0 Å². The maximum Gasteiger partial charge on any atom is 0.417 e. The number of rotatable bonds is 2. The summed E-state index contributed by atoms with van der Waals surface area (Å²) < 4.78 is 40.6. The van der Waals surface area contributed by atoms with Crippen molar-refractivity contribution in [1.82, 2.24) is 4.90 Å². The average Bonchev–Trinajstić information content (AvgIpc) is 2.67. The van der Waals surface area contributed by atoms with Crippen LogP contribution in [0.4, 0.5) is 18.9 Å². The summed E-state index contributed by atoms with van der Waals surface area (Å²) in [4.78, 5) is 25.6. The van der Waals surface area contributed by atoms with Crippen molar-refractivity contribution in [3.8, 4) is 11.1 Å². The molecule has 1 atom stereocenters. The van der Waals surface area contributed by atoms with Gasteiger partial charge in [-0.3, -0.25) is 9.59 Å². The van der Waals surface area contributed by atoms with Gasteiger partial charge in [0.2, 0.25) is 0 Å². The van der Waals surface area contributed by atoms with Crippen molar-refractivity contribution in [1.29, 1.82) is 0 Å². The summed E-state index contributed by atoms with van der Waals surface area (Å²) in [6.45, 7) is 0.358. The molecule has 0 spiro atoms. The van der Waals surface area contributed by atoms with Gasteiger partial charge in [0.25, 0.3) is 0 Å². The first-order valence-corrected chi connectivity index (χ1v) is 8.80. The molecule has 28 heavy (non-hydrogen) atoms. The molecular formula is C20H19F3N2O3. The molecule has 0 aliphatic carbocycles. The summed E-state index contributed by atoms with van der Waals surface area (Å²) in [7, 11) is 0. The van der Waals surface area contributed by atoms with Crippen LogP contribution in [0.25, 0.3) is 11.1 Å². The molecule has 2 aromatic carbocycles. The van der Waals surface area contributed by atoms with Gasteiger partial charge in [-0.05, 0) is 36.1 Å². The minimum atomic E-state index is -4.63. The summed E-state index contributed by atoms with van der Waals surface area (Å²) in [5.41, 5.74) is -0.650. The van der Waals surface area contributed by atoms with Gasteiger partial charge >= 0.3 is 18.0 Å². The van der Waals surface area contributed by atoms with Crippen LogP contribution in [0.15, 0.2) is 48.5 Å². The number of hydrogen-bond acceptors (Lipinski definition) is 3. The lowest BCUT2D eigenvalue weighted by molar-refractivity contribution is -0.145. The second-order valence-electron chi connectivity index (χ2n) is 6.63. The van der Waals surface area contributed by atoms with Crippen molar-refractivity contribution >= 4 is 17.5 Å². The second-order valence-corrected chi connectivity index (χ2v) is 6.63. The molecule has 5 nitrogen and oxygen atoms in total. The number of benzene rings is 2. The van der Waals surface area contributed by atoms with Crippen LogP contribution in [-0.2, 0) is 15.8 Å². The third kappa shape index (κ3) is 4.51. The van der Waals surface area contributed by atoms with Gasteiger partial charge in [0, 0.05) is 18.8 Å². The molecule has 3 rings (SSSR count). The first-order chi connectivity index (χ1) is 13.3. The van der Waals surface area contributed by atoms with Gasteiger partial charge < -0.3 is 15.3 Å². The highest BCUT2D eigenvalue weighted by molar-refractivity contribution is 6.39. The average molecular weight is 392 g/mol. The Morgan fingerprint density at radius 2 is 1.82 bits per heavy atom. The molecule has 0 bridgehead atoms. The zero-order chi connectivity index (χ0) is 20.3. The fraction of sp³-hybridized carbons (Fsp3) is 0.300. The van der Waals surface area contributed by atoms with E-state index in [0.29, 0.717) is 24.9 Å². The van der Waals surface area contributed by atoms with E-state index in [1.165, 1.54) is 17.0 Å². The van der Waals surface area contributed by atoms with Crippen LogP contribution in [-0.4, -0.2) is 41.0 Å². The van der Waals surface area contributed by atoms with Crippen molar-refractivity contribution in [2.75, 3.05) is 18.4 Å². The molecule has 1 aliphatic rings. The number of aliphatic hydroxyl groups is 1. The van der Waals surface area contributed by atoms with Crippen molar-refractivity contribution in [3.05, 3.63) is 54.1 Å². The number of nitrogens with zero attached hydrogens (tertiary/aromatic N) is 1. The van der Waals surface area contributed by atoms with Crippen molar-refractivity contribution < 1.29 is 27.9 Å². The summed E-state index contributed by atoms with van der Waals surface area (Å²) in [6, 6.07) is 11.5. The van der Waals surface area contributed by atoms with E-state index in [-0.39, 0.29) is 17.8 Å². The first-order valence-electron chi connectivity index (χ1n) is 8.80. The van der Waals surface area contributed by atoms with E-state index in [0.717, 1.165) is 6.07 Å². The Morgan fingerprint density at radius 1 is 1.11 bits per heavy atom. The molecule has 1 saturated heterocycles. The van der Waals surface area contributed by atoms with Crippen LogP contribution in [0.5, 0.6) is 0 Å². The van der Waals surface area contributed by atoms with Crippen molar-refractivity contribution in [2.24, 2.45) is 0 Å². The number of hydrogen-bond donors (Lipinski definition) is 2. The van der Waals surface area contributed by atoms with E-state index in [4.69, 9.17) is 0 Å². The first kappa shape index (κ1) is 19.9. The van der Waals surface area contributed by atoms with Crippen LogP contribution in [0.3, 0.4) is 0 Å². The SMILES string of the molecule is O=C(Nc1ccc(-c2ccccc2)c(C(F)(F)F)c1)C(=O)N1CCC[C@H](O)C1. The molecule has 2 aromatic rings. The van der Waals surface area contributed by atoms with Gasteiger partial charge in [0.05, 0.1) is 11.7 Å². The Morgan fingerprint density at radius 3 is 2.46 bits per heavy atom. The highest BCUT2D eigenvalue weighted by atomic mass is 19.4. The number of piperidine rings is 1. The molecule has 0 unspecified atom stereocenters. The maximum absolute atomic E-state index is 13.5. The second kappa shape index (κ2) is 8.02. The predicted molar refractivity (Wildman–Crippen MR) is 97.3 cm³/mol. The molecule has 1 heterocycles. The fourth-order valence-electron chi connectivity index (χ4n) is 3.19. The van der Waals surface area contributed by atoms with Crippen molar-refractivity contribution in [2.45, 2.75) is 25.1 Å². The van der Waals surface area contributed by atoms with E-state index in [9.17, 15) is 27.9 Å². The number of alkyl halides is 3. The van der Waals surface area contributed by atoms with E-state index in [1.807, 2.05) is 0 Å². The Bertz CT molecular complexity index is 869. The highest BCUT2D eigenvalue weighted by Gasteiger charge is 2.34. The van der Waals surface area contributed by atoms with Crippen molar-refractivity contribution in [3.63, 3.8) is 0 Å². The molecule has 0 saturated carbocycles. The number of carbonyl (C=O) groups excluding carboxylic acids is 2. The molecule has 2 amide bonds. The van der Waals surface area contributed by atoms with E-state index >= 15 is 0 Å². The topological polar surface area (TPSA) is 69.6 Å². The fourth-order valence-corrected chi connectivity index (χ4v) is 3.19. The standard InChI is InChI=1S/C20H19F3N2O3/c21-20(22,23)17-11-14(8-9-16(17)13-5-2-1-3-6-13)24-18(27)19(28)25-10-4-7-15(26)12-25/h1-3,5-6,8-9,11,15,26H,4,7,10,12H2,(H,24,27)/t15-/m0/s1. The summed E-state index contributed by atoms with van der Waals surface area (Å²) >= 11 is 0. The maximum atomic E-state index is 13.5. The number of aliphatic hydroxyl groups excluding tert-OH is 1. The minimum Gasteiger partial charge on any atom is -0.391 e. The monoisotopic (exact) mass is 392 g/mol. The third-order valence-corrected chi connectivity index (χ3v) is 4.55. The zero-order valence-electron chi connectivity index (χ0n) is 14.9. The lowest BCUT2D eigenvalue weighted by Gasteiger charge is -2.29. The lowest BCUT2D eigenvalue weighted by atomic mass is 9.98. The third-order valence-electron chi connectivity index (χ3n) is 4.55. The number of anilines is 1. The summed E-state index contributed by atoms with van der Waals surface area (Å²) in [5.74, 6) is -1.91. The molecule has 1 aliphatic heterocycles. The van der Waals surface area contributed by atoms with E-state index in [2.05, 4.69) is 5.32 Å². The molecule has 2 N–H and O–H groups in total. The quantitative estimate of drug-likeness (QED) is 0.771. The Balaban J connectivity index is 1.83. The predicted octanol–water partition coefficient (Wildman–Crippen LogP) is 3.29. The van der Waals surface area contributed by atoms with Gasteiger partial charge in [0.15, 0.2) is 0 Å². The van der Waals surface area contributed by atoms with Gasteiger partial charge in [-0.2, -0.15) is 13.2 Å². The Hall–Kier alpha value is -2.87. The Labute approximate surface area is 159 Å². The van der Waals surface area contributed by atoms with Gasteiger partial charge in [-0.15, -0.1) is 0 Å². The summed E-state index contributed by atoms with van der Waals surface area (Å²) in [6.07, 6.45) is -4.23. The van der Waals surface area contributed by atoms with Crippen LogP contribution < -0.4 is 5.32 Å². The highest BCUT2D eigenvalue weighted by Crippen LogP contribution is 2.38. The number of likely N-dealkylation sites (tertiary alicyclic amines) is 1. The molecule has 148 valence electrons. The number of nitrogens with one attached hydrogen (secondary N) is 1. The largest absolute Gasteiger partial charge is 0.417 e. The van der Waals surface area contributed by atoms with E-state index in [1.54, 1.807) is 30.3 Å². The minimum absolute atomic E-state index is 0.0171. The van der Waals surface area contributed by atoms with Crippen LogP contribution in [0.1, 0.15) is 18.4 Å². The number of amides is 2. The molecule has 1 fully saturated rings. The molecule has 0 aromatic heterocycles. The number of halogens is 3. The Kier molecular flexibility index (Phi) is 5.69. The van der Waals surface area contributed by atoms with Gasteiger partial charge in [-0.25, -0.2) is 0 Å².